The van der Waals surface area contributed by atoms with Crippen molar-refractivity contribution in [2.45, 2.75) is 59.0 Å². The van der Waals surface area contributed by atoms with Gasteiger partial charge in [-0.05, 0) is 26.2 Å². The summed E-state index contributed by atoms with van der Waals surface area (Å²) in [6, 6.07) is 0.279. The second-order valence-corrected chi connectivity index (χ2v) is 4.46. The van der Waals surface area contributed by atoms with Crippen molar-refractivity contribution in [1.29, 1.82) is 0 Å². The van der Waals surface area contributed by atoms with Crippen LogP contribution in [0.25, 0.3) is 0 Å². The van der Waals surface area contributed by atoms with Crippen molar-refractivity contribution in [2.24, 2.45) is 0 Å². The zero-order valence-electron chi connectivity index (χ0n) is 10.8. The van der Waals surface area contributed by atoms with Gasteiger partial charge >= 0.3 is 0 Å². The van der Waals surface area contributed by atoms with Crippen LogP contribution in [0.1, 0.15) is 47.0 Å². The van der Waals surface area contributed by atoms with Gasteiger partial charge in [-0.3, -0.25) is 9.59 Å². The van der Waals surface area contributed by atoms with E-state index in [4.69, 9.17) is 0 Å². The summed E-state index contributed by atoms with van der Waals surface area (Å²) in [4.78, 5) is 21.9. The Balaban J connectivity index is 3.68. The largest absolute Gasteiger partial charge is 0.356 e. The van der Waals surface area contributed by atoms with Crippen molar-refractivity contribution in [3.8, 4) is 0 Å². The molecule has 0 fully saturated rings. The molecule has 0 unspecified atom stereocenters. The number of rotatable bonds is 8. The van der Waals surface area contributed by atoms with Crippen LogP contribution < -0.4 is 10.6 Å². The van der Waals surface area contributed by atoms with Gasteiger partial charge in [0.15, 0.2) is 0 Å². The van der Waals surface area contributed by atoms with E-state index in [1.54, 1.807) is 6.92 Å². The first-order valence-corrected chi connectivity index (χ1v) is 5.94. The Bertz CT molecular complexity index is 227. The molecule has 94 valence electrons. The highest BCUT2D eigenvalue weighted by Crippen LogP contribution is 2.03. The van der Waals surface area contributed by atoms with Gasteiger partial charge in [-0.25, -0.2) is 0 Å². The Kier molecular flexibility index (Phi) is 7.81. The van der Waals surface area contributed by atoms with Crippen LogP contribution in [0.2, 0.25) is 0 Å². The Hall–Kier alpha value is -0.900. The molecule has 2 N–H and O–H groups in total. The smallest absolute Gasteiger partial charge is 0.216 e. The third kappa shape index (κ3) is 8.41. The molecule has 0 bridgehead atoms. The number of Topliss-reactive ketones (excluding diaryl/α,β-unsaturated/α-hetero) is 1. The van der Waals surface area contributed by atoms with E-state index < -0.39 is 0 Å². The second kappa shape index (κ2) is 8.28. The first kappa shape index (κ1) is 15.1. The zero-order valence-corrected chi connectivity index (χ0v) is 10.8. The van der Waals surface area contributed by atoms with Crippen molar-refractivity contribution in [3.05, 3.63) is 0 Å². The average molecular weight is 228 g/mol. The quantitative estimate of drug-likeness (QED) is 0.615. The molecule has 0 saturated carbocycles. The Morgan fingerprint density at radius 2 is 1.75 bits per heavy atom. The number of amides is 1. The number of hydrogen-bond acceptors (Lipinski definition) is 3. The highest BCUT2D eigenvalue weighted by molar-refractivity contribution is 5.81. The van der Waals surface area contributed by atoms with Gasteiger partial charge in [0.1, 0.15) is 5.78 Å². The van der Waals surface area contributed by atoms with Crippen LogP contribution in [0.5, 0.6) is 0 Å². The van der Waals surface area contributed by atoms with Gasteiger partial charge in [-0.1, -0.05) is 13.8 Å². The van der Waals surface area contributed by atoms with Crippen LogP contribution in [0.15, 0.2) is 0 Å². The normalized spacial score (nSPS) is 12.6. The third-order valence-electron chi connectivity index (χ3n) is 2.32. The minimum atomic E-state index is -0.0441. The van der Waals surface area contributed by atoms with Gasteiger partial charge in [-0.15, -0.1) is 0 Å². The summed E-state index contributed by atoms with van der Waals surface area (Å²) in [6.45, 7) is 7.90. The summed E-state index contributed by atoms with van der Waals surface area (Å²) in [7, 11) is 0. The van der Waals surface area contributed by atoms with Crippen LogP contribution in [-0.2, 0) is 9.59 Å². The lowest BCUT2D eigenvalue weighted by atomic mass is 10.1. The first-order chi connectivity index (χ1) is 7.43. The molecule has 0 rings (SSSR count). The van der Waals surface area contributed by atoms with E-state index in [9.17, 15) is 9.59 Å². The van der Waals surface area contributed by atoms with E-state index in [0.717, 1.165) is 19.3 Å². The molecule has 0 aliphatic heterocycles. The fourth-order valence-electron chi connectivity index (χ4n) is 1.54. The van der Waals surface area contributed by atoms with E-state index in [1.807, 2.05) is 13.8 Å². The Morgan fingerprint density at radius 1 is 1.12 bits per heavy atom. The van der Waals surface area contributed by atoms with Crippen LogP contribution in [0, 0.1) is 0 Å². The summed E-state index contributed by atoms with van der Waals surface area (Å²) in [5, 5.41) is 5.99. The number of carbonyl (C=O) groups excluding carboxylic acids is 2. The highest BCUT2D eigenvalue weighted by atomic mass is 16.1. The molecule has 0 spiro atoms. The fourth-order valence-corrected chi connectivity index (χ4v) is 1.54. The molecule has 0 aliphatic rings. The standard InChI is InChI=1S/C12H24N2O2/c1-9(2)14-12(10(3)15)7-5-6-8-13-11(4)16/h9,12,14H,5-8H2,1-4H3,(H,13,16)/t12-/m0/s1. The molecule has 1 amide bonds. The summed E-state index contributed by atoms with van der Waals surface area (Å²) < 4.78 is 0. The maximum atomic E-state index is 11.3. The fraction of sp³-hybridized carbons (Fsp3) is 0.833. The lowest BCUT2D eigenvalue weighted by Gasteiger charge is -2.18. The molecule has 4 nitrogen and oxygen atoms in total. The topological polar surface area (TPSA) is 58.2 Å². The van der Waals surface area contributed by atoms with E-state index >= 15 is 0 Å². The Morgan fingerprint density at radius 3 is 2.19 bits per heavy atom. The van der Waals surface area contributed by atoms with Gasteiger partial charge < -0.3 is 10.6 Å². The molecule has 0 aromatic heterocycles. The van der Waals surface area contributed by atoms with Crippen molar-refractivity contribution in [3.63, 3.8) is 0 Å². The predicted molar refractivity (Wildman–Crippen MR) is 65.3 cm³/mol. The molecule has 0 aromatic rings. The van der Waals surface area contributed by atoms with Crippen molar-refractivity contribution in [2.75, 3.05) is 6.54 Å². The van der Waals surface area contributed by atoms with Crippen LogP contribution in [0.4, 0.5) is 0 Å². The predicted octanol–water partition coefficient (Wildman–Crippen LogP) is 1.25. The summed E-state index contributed by atoms with van der Waals surface area (Å²) in [5.41, 5.74) is 0. The molecule has 16 heavy (non-hydrogen) atoms. The molecule has 0 heterocycles. The maximum absolute atomic E-state index is 11.3. The van der Waals surface area contributed by atoms with Gasteiger partial charge in [0.05, 0.1) is 6.04 Å². The van der Waals surface area contributed by atoms with Gasteiger partial charge in [0.2, 0.25) is 5.91 Å². The number of nitrogens with one attached hydrogen (secondary N) is 2. The van der Waals surface area contributed by atoms with E-state index in [2.05, 4.69) is 10.6 Å². The lowest BCUT2D eigenvalue weighted by molar-refractivity contribution is -0.120. The van der Waals surface area contributed by atoms with E-state index in [-0.39, 0.29) is 17.7 Å². The van der Waals surface area contributed by atoms with Crippen LogP contribution in [0.3, 0.4) is 0 Å². The van der Waals surface area contributed by atoms with E-state index in [1.165, 1.54) is 6.92 Å². The van der Waals surface area contributed by atoms with Crippen LogP contribution in [-0.4, -0.2) is 30.3 Å². The van der Waals surface area contributed by atoms with Gasteiger partial charge in [0, 0.05) is 19.5 Å². The van der Waals surface area contributed by atoms with Crippen molar-refractivity contribution in [1.82, 2.24) is 10.6 Å². The minimum Gasteiger partial charge on any atom is -0.356 e. The molecule has 0 aliphatic carbocycles. The SMILES string of the molecule is CC(=O)NCCCC[C@H](NC(C)C)C(C)=O. The van der Waals surface area contributed by atoms with Gasteiger partial charge in [-0.2, -0.15) is 0 Å². The maximum Gasteiger partial charge on any atom is 0.216 e. The third-order valence-corrected chi connectivity index (χ3v) is 2.32. The molecule has 0 aromatic carbocycles. The second-order valence-electron chi connectivity index (χ2n) is 4.46. The molecule has 1 atom stereocenters. The monoisotopic (exact) mass is 228 g/mol. The highest BCUT2D eigenvalue weighted by Gasteiger charge is 2.13. The first-order valence-electron chi connectivity index (χ1n) is 5.94. The number of ketones is 1. The number of unbranched alkanes of at least 4 members (excludes halogenated alkanes) is 1. The summed E-state index contributed by atoms with van der Waals surface area (Å²) in [6.07, 6.45) is 2.71. The number of carbonyl (C=O) groups is 2. The molecular weight excluding hydrogens is 204 g/mol. The minimum absolute atomic E-state index is 0.00317. The summed E-state index contributed by atoms with van der Waals surface area (Å²) >= 11 is 0. The van der Waals surface area contributed by atoms with Crippen LogP contribution >= 0.6 is 0 Å². The number of hydrogen-bond donors (Lipinski definition) is 2. The summed E-state index contributed by atoms with van der Waals surface area (Å²) in [5.74, 6) is 0.191. The van der Waals surface area contributed by atoms with Crippen molar-refractivity contribution < 1.29 is 9.59 Å². The molecular formula is C12H24N2O2. The van der Waals surface area contributed by atoms with E-state index in [0.29, 0.717) is 12.6 Å². The zero-order chi connectivity index (χ0) is 12.6. The molecule has 0 saturated heterocycles. The van der Waals surface area contributed by atoms with Gasteiger partial charge in [0.25, 0.3) is 0 Å². The van der Waals surface area contributed by atoms with Crippen molar-refractivity contribution >= 4 is 11.7 Å². The molecule has 4 heteroatoms. The Labute approximate surface area is 98.2 Å². The average Bonchev–Trinajstić information content (AvgIpc) is 2.14. The lowest BCUT2D eigenvalue weighted by Crippen LogP contribution is -2.39. The molecule has 0 radical (unpaired) electrons.